The van der Waals surface area contributed by atoms with E-state index in [1.165, 1.54) is 18.2 Å². The molecule has 2 aliphatic heterocycles. The molecule has 0 radical (unpaired) electrons. The van der Waals surface area contributed by atoms with E-state index < -0.39 is 12.1 Å². The summed E-state index contributed by atoms with van der Waals surface area (Å²) in [5.41, 5.74) is 0.506. The van der Waals surface area contributed by atoms with E-state index in [2.05, 4.69) is 21.6 Å². The molecule has 0 bridgehead atoms. The van der Waals surface area contributed by atoms with Crippen molar-refractivity contribution in [3.63, 3.8) is 0 Å². The van der Waals surface area contributed by atoms with Crippen molar-refractivity contribution in [1.82, 2.24) is 19.7 Å². The van der Waals surface area contributed by atoms with Crippen LogP contribution in [0.15, 0.2) is 18.3 Å². The van der Waals surface area contributed by atoms with E-state index in [0.29, 0.717) is 31.7 Å². The second kappa shape index (κ2) is 8.22. The number of hydrogen-bond donors (Lipinski definition) is 1. The first-order valence-electron chi connectivity index (χ1n) is 9.73. The van der Waals surface area contributed by atoms with Gasteiger partial charge in [-0.1, -0.05) is 32.6 Å². The third-order valence-electron chi connectivity index (χ3n) is 5.30. The lowest BCUT2D eigenvalue weighted by molar-refractivity contribution is 0.0594. The first-order valence-corrected chi connectivity index (χ1v) is 9.73. The van der Waals surface area contributed by atoms with Crippen molar-refractivity contribution in [2.75, 3.05) is 33.3 Å². The Morgan fingerprint density at radius 3 is 2.57 bits per heavy atom. The van der Waals surface area contributed by atoms with Crippen LogP contribution in [0.5, 0.6) is 0 Å². The summed E-state index contributed by atoms with van der Waals surface area (Å²) in [6.07, 6.45) is 0.536. The number of methoxy groups -OCH3 is 1. The molecule has 2 fully saturated rings. The molecule has 2 aliphatic rings. The number of aromatic nitrogens is 1. The minimum absolute atomic E-state index is 0.113. The van der Waals surface area contributed by atoms with Crippen LogP contribution in [-0.4, -0.2) is 88.3 Å². The van der Waals surface area contributed by atoms with Crippen molar-refractivity contribution < 1.29 is 24.2 Å². The van der Waals surface area contributed by atoms with E-state index in [9.17, 15) is 19.5 Å². The maximum absolute atomic E-state index is 13.0. The van der Waals surface area contributed by atoms with Gasteiger partial charge in [-0.2, -0.15) is 0 Å². The smallest absolute Gasteiger partial charge is 0.407 e. The van der Waals surface area contributed by atoms with Gasteiger partial charge < -0.3 is 24.5 Å². The maximum atomic E-state index is 13.0. The van der Waals surface area contributed by atoms with E-state index in [1.807, 2.05) is 20.8 Å². The van der Waals surface area contributed by atoms with E-state index in [4.69, 9.17) is 0 Å². The number of rotatable bonds is 2. The standard InChI is InChI=1S/C21H26N4O5/c1-21(2,3)17(8-6-14-5-7-16(22-11-14)18(26)30-4)25-13-15-12-23(20(28)29)9-10-24(15)19(25)27/h5,7,11,15,17H,9-10,12-13H2,1-4H3,(H,28,29)/t15-,17-/m0/s1. The molecule has 160 valence electrons. The SMILES string of the molecule is COC(=O)c1ccc(C#C[C@H](N2C[C@@H]3CN(C(=O)O)CCN3C2=O)C(C)(C)C)cn1. The highest BCUT2D eigenvalue weighted by Crippen LogP contribution is 2.30. The van der Waals surface area contributed by atoms with Gasteiger partial charge in [0.05, 0.1) is 13.2 Å². The van der Waals surface area contributed by atoms with Gasteiger partial charge in [0.15, 0.2) is 0 Å². The van der Waals surface area contributed by atoms with Gasteiger partial charge in [0.2, 0.25) is 0 Å². The average Bonchev–Trinajstić information content (AvgIpc) is 3.02. The summed E-state index contributed by atoms with van der Waals surface area (Å²) in [5.74, 6) is 5.74. The summed E-state index contributed by atoms with van der Waals surface area (Å²) in [6.45, 7) is 7.47. The van der Waals surface area contributed by atoms with Crippen LogP contribution in [0, 0.1) is 17.3 Å². The molecule has 0 unspecified atom stereocenters. The number of urea groups is 1. The van der Waals surface area contributed by atoms with Gasteiger partial charge in [0, 0.05) is 37.9 Å². The molecule has 3 heterocycles. The first kappa shape index (κ1) is 21.4. The number of piperazine rings is 1. The van der Waals surface area contributed by atoms with Crippen LogP contribution in [0.4, 0.5) is 9.59 Å². The number of nitrogens with zero attached hydrogens (tertiary/aromatic N) is 4. The summed E-state index contributed by atoms with van der Waals surface area (Å²) in [7, 11) is 1.29. The number of hydrogen-bond acceptors (Lipinski definition) is 5. The van der Waals surface area contributed by atoms with Gasteiger partial charge in [0.1, 0.15) is 11.7 Å². The lowest BCUT2D eigenvalue weighted by Crippen LogP contribution is -2.53. The molecule has 2 saturated heterocycles. The Bertz CT molecular complexity index is 897. The van der Waals surface area contributed by atoms with Crippen LogP contribution >= 0.6 is 0 Å². The molecule has 9 heteroatoms. The third-order valence-corrected chi connectivity index (χ3v) is 5.30. The molecule has 1 aromatic rings. The fraction of sp³-hybridized carbons (Fsp3) is 0.524. The minimum Gasteiger partial charge on any atom is -0.465 e. The Balaban J connectivity index is 1.81. The first-order chi connectivity index (χ1) is 14.1. The van der Waals surface area contributed by atoms with Gasteiger partial charge in [-0.25, -0.2) is 19.4 Å². The van der Waals surface area contributed by atoms with Crippen LogP contribution < -0.4 is 0 Å². The lowest BCUT2D eigenvalue weighted by Gasteiger charge is -2.35. The second-order valence-corrected chi connectivity index (χ2v) is 8.47. The highest BCUT2D eigenvalue weighted by molar-refractivity contribution is 5.87. The molecular formula is C21H26N4O5. The molecule has 3 rings (SSSR count). The summed E-state index contributed by atoms with van der Waals surface area (Å²) >= 11 is 0. The molecule has 1 aromatic heterocycles. The Morgan fingerprint density at radius 2 is 2.00 bits per heavy atom. The van der Waals surface area contributed by atoms with Gasteiger partial charge in [-0.15, -0.1) is 0 Å². The van der Waals surface area contributed by atoms with E-state index in [-0.39, 0.29) is 29.2 Å². The quantitative estimate of drug-likeness (QED) is 0.584. The van der Waals surface area contributed by atoms with Crippen molar-refractivity contribution in [2.45, 2.75) is 32.9 Å². The number of fused-ring (bicyclic) bond motifs is 1. The van der Waals surface area contributed by atoms with Crippen LogP contribution in [0.1, 0.15) is 36.8 Å². The predicted octanol–water partition coefficient (Wildman–Crippen LogP) is 1.73. The van der Waals surface area contributed by atoms with E-state index >= 15 is 0 Å². The van der Waals surface area contributed by atoms with E-state index in [0.717, 1.165) is 0 Å². The van der Waals surface area contributed by atoms with E-state index in [1.54, 1.807) is 21.9 Å². The lowest BCUT2D eigenvalue weighted by atomic mass is 9.86. The normalized spacial score (nSPS) is 19.7. The van der Waals surface area contributed by atoms with Crippen LogP contribution in [0.3, 0.4) is 0 Å². The van der Waals surface area contributed by atoms with Crippen molar-refractivity contribution >= 4 is 18.1 Å². The zero-order valence-corrected chi connectivity index (χ0v) is 17.6. The van der Waals surface area contributed by atoms with Crippen molar-refractivity contribution in [3.05, 3.63) is 29.6 Å². The molecule has 0 saturated carbocycles. The van der Waals surface area contributed by atoms with Gasteiger partial charge in [-0.3, -0.25) is 0 Å². The molecule has 0 aliphatic carbocycles. The predicted molar refractivity (Wildman–Crippen MR) is 108 cm³/mol. The number of carbonyl (C=O) groups is 3. The molecule has 30 heavy (non-hydrogen) atoms. The van der Waals surface area contributed by atoms with Gasteiger partial charge in [0.25, 0.3) is 0 Å². The highest BCUT2D eigenvalue weighted by atomic mass is 16.5. The Kier molecular flexibility index (Phi) is 5.87. The van der Waals surface area contributed by atoms with Gasteiger partial charge >= 0.3 is 18.1 Å². The molecule has 0 aromatic carbocycles. The van der Waals surface area contributed by atoms with Crippen molar-refractivity contribution in [1.29, 1.82) is 0 Å². The second-order valence-electron chi connectivity index (χ2n) is 8.47. The number of esters is 1. The topological polar surface area (TPSA) is 103 Å². The molecular weight excluding hydrogens is 388 g/mol. The number of carbonyl (C=O) groups excluding carboxylic acids is 2. The maximum Gasteiger partial charge on any atom is 0.407 e. The summed E-state index contributed by atoms with van der Waals surface area (Å²) < 4.78 is 4.64. The fourth-order valence-corrected chi connectivity index (χ4v) is 3.73. The summed E-state index contributed by atoms with van der Waals surface area (Å²) in [6, 6.07) is 2.58. The minimum atomic E-state index is -0.962. The average molecular weight is 414 g/mol. The largest absolute Gasteiger partial charge is 0.465 e. The van der Waals surface area contributed by atoms with Crippen LogP contribution in [0.25, 0.3) is 0 Å². The van der Waals surface area contributed by atoms with Crippen molar-refractivity contribution in [2.24, 2.45) is 5.41 Å². The molecule has 1 N–H and O–H groups in total. The summed E-state index contributed by atoms with van der Waals surface area (Å²) in [5, 5.41) is 9.26. The van der Waals surface area contributed by atoms with Gasteiger partial charge in [-0.05, 0) is 17.5 Å². The number of amides is 3. The zero-order valence-electron chi connectivity index (χ0n) is 17.6. The fourth-order valence-electron chi connectivity index (χ4n) is 3.73. The molecule has 9 nitrogen and oxygen atoms in total. The Morgan fingerprint density at radius 1 is 1.27 bits per heavy atom. The van der Waals surface area contributed by atoms with Crippen molar-refractivity contribution in [3.8, 4) is 11.8 Å². The highest BCUT2D eigenvalue weighted by Gasteiger charge is 2.46. The summed E-state index contributed by atoms with van der Waals surface area (Å²) in [4.78, 5) is 44.7. The molecule has 0 spiro atoms. The Labute approximate surface area is 175 Å². The number of pyridine rings is 1. The zero-order chi connectivity index (χ0) is 22.1. The molecule has 2 atom stereocenters. The van der Waals surface area contributed by atoms with Crippen LogP contribution in [-0.2, 0) is 4.74 Å². The molecule has 3 amide bonds. The van der Waals surface area contributed by atoms with Crippen LogP contribution in [0.2, 0.25) is 0 Å². The third kappa shape index (κ3) is 4.32. The monoisotopic (exact) mass is 414 g/mol. The Hall–Kier alpha value is -3.28. The number of ether oxygens (including phenoxy) is 1. The number of carboxylic acid groups (broad SMARTS) is 1.